The van der Waals surface area contributed by atoms with Crippen molar-refractivity contribution in [1.29, 1.82) is 0 Å². The summed E-state index contributed by atoms with van der Waals surface area (Å²) in [5.41, 5.74) is 0.264. The molecule has 1 saturated heterocycles. The highest BCUT2D eigenvalue weighted by Gasteiger charge is 2.45. The summed E-state index contributed by atoms with van der Waals surface area (Å²) in [7, 11) is 1.64. The average Bonchev–Trinajstić information content (AvgIpc) is 2.81. The zero-order valence-corrected chi connectivity index (χ0v) is 11.7. The Morgan fingerprint density at radius 3 is 2.79 bits per heavy atom. The number of carbonyl (C=O) groups is 1. The van der Waals surface area contributed by atoms with E-state index in [9.17, 15) is 9.90 Å². The molecule has 4 nitrogen and oxygen atoms in total. The topological polar surface area (TPSA) is 49.8 Å². The Balaban J connectivity index is 2.33. The highest BCUT2D eigenvalue weighted by atomic mass is 16.5. The molecular weight excluding hydrogens is 242 g/mol. The van der Waals surface area contributed by atoms with Crippen molar-refractivity contribution in [2.24, 2.45) is 0 Å². The minimum atomic E-state index is -0.778. The molecule has 104 valence electrons. The lowest BCUT2D eigenvalue weighted by Gasteiger charge is -2.36. The van der Waals surface area contributed by atoms with Crippen LogP contribution in [0.2, 0.25) is 0 Å². The quantitative estimate of drug-likeness (QED) is 0.907. The number of nitrogens with zero attached hydrogens (tertiary/aromatic N) is 1. The van der Waals surface area contributed by atoms with Crippen molar-refractivity contribution in [2.45, 2.75) is 38.3 Å². The molecule has 2 atom stereocenters. The first kappa shape index (κ1) is 13.9. The van der Waals surface area contributed by atoms with Crippen LogP contribution in [0.5, 0.6) is 5.75 Å². The van der Waals surface area contributed by atoms with E-state index in [1.807, 2.05) is 38.1 Å². The van der Waals surface area contributed by atoms with Crippen LogP contribution < -0.4 is 4.74 Å². The number of carboxylic acids is 1. The molecule has 4 heteroatoms. The number of carboxylic acid groups (broad SMARTS) is 1. The number of hydrogen-bond donors (Lipinski definition) is 1. The van der Waals surface area contributed by atoms with Gasteiger partial charge < -0.3 is 9.84 Å². The molecule has 1 heterocycles. The summed E-state index contributed by atoms with van der Waals surface area (Å²) in [6.07, 6.45) is 1.62. The monoisotopic (exact) mass is 263 g/mol. The first-order valence-electron chi connectivity index (χ1n) is 6.64. The molecule has 19 heavy (non-hydrogen) atoms. The van der Waals surface area contributed by atoms with E-state index in [1.165, 1.54) is 0 Å². The van der Waals surface area contributed by atoms with E-state index < -0.39 is 11.5 Å². The number of hydrogen-bond acceptors (Lipinski definition) is 3. The van der Waals surface area contributed by atoms with Crippen LogP contribution in [0.1, 0.15) is 38.3 Å². The van der Waals surface area contributed by atoms with Gasteiger partial charge in [0.2, 0.25) is 0 Å². The van der Waals surface area contributed by atoms with Crippen molar-refractivity contribution >= 4 is 5.97 Å². The standard InChI is InChI=1S/C15H21NO3/c1-11(12-7-4-5-8-13(12)19-3)16-10-6-9-15(16,2)14(17)18/h4-5,7-8,11H,6,9-10H2,1-3H3,(H,17,18). The molecule has 0 aromatic heterocycles. The number of ether oxygens (including phenoxy) is 1. The number of likely N-dealkylation sites (tertiary alicyclic amines) is 1. The minimum Gasteiger partial charge on any atom is -0.496 e. The molecule has 0 radical (unpaired) electrons. The zero-order chi connectivity index (χ0) is 14.0. The Hall–Kier alpha value is -1.55. The van der Waals surface area contributed by atoms with Gasteiger partial charge in [-0.3, -0.25) is 9.69 Å². The molecule has 1 N–H and O–H groups in total. The van der Waals surface area contributed by atoms with Gasteiger partial charge in [-0.1, -0.05) is 18.2 Å². The second kappa shape index (κ2) is 5.21. The van der Waals surface area contributed by atoms with Crippen molar-refractivity contribution in [1.82, 2.24) is 4.90 Å². The molecular formula is C15H21NO3. The maximum Gasteiger partial charge on any atom is 0.323 e. The summed E-state index contributed by atoms with van der Waals surface area (Å²) in [5.74, 6) is 0.0707. The lowest BCUT2D eigenvalue weighted by molar-refractivity contribution is -0.149. The van der Waals surface area contributed by atoms with Gasteiger partial charge in [0.05, 0.1) is 7.11 Å². The van der Waals surface area contributed by atoms with Crippen LogP contribution in [0.4, 0.5) is 0 Å². The van der Waals surface area contributed by atoms with Crippen molar-refractivity contribution in [3.63, 3.8) is 0 Å². The molecule has 0 saturated carbocycles. The van der Waals surface area contributed by atoms with E-state index in [2.05, 4.69) is 4.90 Å². The second-order valence-electron chi connectivity index (χ2n) is 5.29. The third-order valence-corrected chi connectivity index (χ3v) is 4.21. The van der Waals surface area contributed by atoms with Crippen LogP contribution in [0, 0.1) is 0 Å². The molecule has 1 aromatic rings. The Morgan fingerprint density at radius 2 is 2.16 bits per heavy atom. The third-order valence-electron chi connectivity index (χ3n) is 4.21. The van der Waals surface area contributed by atoms with Crippen LogP contribution in [0.15, 0.2) is 24.3 Å². The lowest BCUT2D eigenvalue weighted by Crippen LogP contribution is -2.48. The summed E-state index contributed by atoms with van der Waals surface area (Å²) >= 11 is 0. The highest BCUT2D eigenvalue weighted by Crippen LogP contribution is 2.39. The fourth-order valence-electron chi connectivity index (χ4n) is 3.01. The molecule has 1 aliphatic heterocycles. The van der Waals surface area contributed by atoms with E-state index in [0.717, 1.165) is 24.3 Å². The summed E-state index contributed by atoms with van der Waals surface area (Å²) in [5, 5.41) is 9.49. The predicted octanol–water partition coefficient (Wildman–Crippen LogP) is 2.70. The van der Waals surface area contributed by atoms with E-state index in [0.29, 0.717) is 6.42 Å². The maximum atomic E-state index is 11.6. The zero-order valence-electron chi connectivity index (χ0n) is 11.7. The third kappa shape index (κ3) is 2.32. The Morgan fingerprint density at radius 1 is 1.47 bits per heavy atom. The summed E-state index contributed by atoms with van der Waals surface area (Å²) in [6.45, 7) is 4.67. The largest absolute Gasteiger partial charge is 0.496 e. The maximum absolute atomic E-state index is 11.6. The molecule has 2 unspecified atom stereocenters. The number of para-hydroxylation sites is 1. The number of benzene rings is 1. The van der Waals surface area contributed by atoms with Crippen molar-refractivity contribution < 1.29 is 14.6 Å². The van der Waals surface area contributed by atoms with Gasteiger partial charge in [-0.05, 0) is 39.3 Å². The Bertz CT molecular complexity index is 474. The van der Waals surface area contributed by atoms with Crippen molar-refractivity contribution in [3.05, 3.63) is 29.8 Å². The summed E-state index contributed by atoms with van der Waals surface area (Å²) in [4.78, 5) is 13.6. The second-order valence-corrected chi connectivity index (χ2v) is 5.29. The van der Waals surface area contributed by atoms with Gasteiger partial charge in [0, 0.05) is 11.6 Å². The Kier molecular flexibility index (Phi) is 3.80. The highest BCUT2D eigenvalue weighted by molar-refractivity contribution is 5.78. The van der Waals surface area contributed by atoms with Gasteiger partial charge in [0.15, 0.2) is 0 Å². The summed E-state index contributed by atoms with van der Waals surface area (Å²) < 4.78 is 5.38. The van der Waals surface area contributed by atoms with E-state index >= 15 is 0 Å². The average molecular weight is 263 g/mol. The van der Waals surface area contributed by atoms with Gasteiger partial charge in [0.1, 0.15) is 11.3 Å². The van der Waals surface area contributed by atoms with Gasteiger partial charge in [-0.25, -0.2) is 0 Å². The number of rotatable bonds is 4. The van der Waals surface area contributed by atoms with Crippen molar-refractivity contribution in [2.75, 3.05) is 13.7 Å². The normalized spacial score (nSPS) is 25.2. The van der Waals surface area contributed by atoms with Crippen LogP contribution in [0.25, 0.3) is 0 Å². The molecule has 1 aromatic carbocycles. The van der Waals surface area contributed by atoms with Gasteiger partial charge in [0.25, 0.3) is 0 Å². The van der Waals surface area contributed by atoms with Crippen LogP contribution in [-0.4, -0.2) is 35.2 Å². The SMILES string of the molecule is COc1ccccc1C(C)N1CCCC1(C)C(=O)O. The molecule has 0 amide bonds. The molecule has 1 aliphatic rings. The smallest absolute Gasteiger partial charge is 0.323 e. The van der Waals surface area contributed by atoms with E-state index in [1.54, 1.807) is 7.11 Å². The molecule has 0 aliphatic carbocycles. The molecule has 0 spiro atoms. The van der Waals surface area contributed by atoms with Crippen LogP contribution in [-0.2, 0) is 4.79 Å². The first-order chi connectivity index (χ1) is 9.00. The minimum absolute atomic E-state index is 0.0275. The lowest BCUT2D eigenvalue weighted by atomic mass is 9.95. The molecule has 1 fully saturated rings. The fourth-order valence-corrected chi connectivity index (χ4v) is 3.01. The molecule has 0 bridgehead atoms. The van der Waals surface area contributed by atoms with Gasteiger partial charge in [-0.15, -0.1) is 0 Å². The first-order valence-corrected chi connectivity index (χ1v) is 6.64. The van der Waals surface area contributed by atoms with Crippen molar-refractivity contribution in [3.8, 4) is 5.75 Å². The van der Waals surface area contributed by atoms with E-state index in [4.69, 9.17) is 4.74 Å². The van der Waals surface area contributed by atoms with Crippen LogP contribution in [0.3, 0.4) is 0 Å². The fraction of sp³-hybridized carbons (Fsp3) is 0.533. The molecule has 2 rings (SSSR count). The van der Waals surface area contributed by atoms with Gasteiger partial charge >= 0.3 is 5.97 Å². The summed E-state index contributed by atoms with van der Waals surface area (Å²) in [6, 6.07) is 7.84. The van der Waals surface area contributed by atoms with E-state index in [-0.39, 0.29) is 6.04 Å². The van der Waals surface area contributed by atoms with Crippen LogP contribution >= 0.6 is 0 Å². The Labute approximate surface area is 114 Å². The number of aliphatic carboxylic acids is 1. The number of methoxy groups -OCH3 is 1. The predicted molar refractivity (Wildman–Crippen MR) is 73.4 cm³/mol. The van der Waals surface area contributed by atoms with Gasteiger partial charge in [-0.2, -0.15) is 0 Å².